The first kappa shape index (κ1) is 13.5. The zero-order valence-corrected chi connectivity index (χ0v) is 13.6. The van der Waals surface area contributed by atoms with Crippen molar-refractivity contribution in [1.82, 2.24) is 5.32 Å². The van der Waals surface area contributed by atoms with Crippen LogP contribution in [0.3, 0.4) is 0 Å². The lowest BCUT2D eigenvalue weighted by atomic mass is 10.1. The Hall–Kier alpha value is 0.0900. The summed E-state index contributed by atoms with van der Waals surface area (Å²) >= 11 is 6.07. The molecule has 0 aliphatic heterocycles. The van der Waals surface area contributed by atoms with E-state index in [2.05, 4.69) is 63.8 Å². The molecule has 0 spiro atoms. The van der Waals surface area contributed by atoms with Crippen LogP contribution >= 0.6 is 45.3 Å². The highest BCUT2D eigenvalue weighted by Crippen LogP contribution is 2.26. The summed E-state index contributed by atoms with van der Waals surface area (Å²) in [4.78, 5) is 1.46. The smallest absolute Gasteiger partial charge is 0.0656 e. The maximum atomic E-state index is 3.65. The van der Waals surface area contributed by atoms with E-state index in [4.69, 9.17) is 0 Å². The van der Waals surface area contributed by atoms with Gasteiger partial charge in [0.15, 0.2) is 0 Å². The van der Waals surface area contributed by atoms with Crippen LogP contribution < -0.4 is 5.32 Å². The molecule has 2 aromatic heterocycles. The summed E-state index contributed by atoms with van der Waals surface area (Å²) in [5.74, 6) is 0. The highest BCUT2D eigenvalue weighted by Gasteiger charge is 2.13. The molecule has 0 radical (unpaired) electrons. The zero-order chi connectivity index (χ0) is 12.1. The first-order chi connectivity index (χ1) is 8.29. The molecule has 1 unspecified atom stereocenters. The second-order valence-electron chi connectivity index (χ2n) is 3.97. The number of hydrogen-bond acceptors (Lipinski definition) is 3. The van der Waals surface area contributed by atoms with Crippen molar-refractivity contribution in [2.45, 2.75) is 25.8 Å². The Balaban J connectivity index is 2.07. The van der Waals surface area contributed by atoms with E-state index in [0.29, 0.717) is 6.04 Å². The van der Waals surface area contributed by atoms with Crippen LogP contribution in [0, 0.1) is 2.88 Å². The Morgan fingerprint density at radius 2 is 2.29 bits per heavy atom. The summed E-state index contributed by atoms with van der Waals surface area (Å²) in [5, 5.41) is 8.08. The average Bonchev–Trinajstić information content (AvgIpc) is 2.95. The van der Waals surface area contributed by atoms with Crippen LogP contribution in [0.15, 0.2) is 29.0 Å². The van der Waals surface area contributed by atoms with Crippen molar-refractivity contribution in [3.05, 3.63) is 42.3 Å². The van der Waals surface area contributed by atoms with E-state index < -0.39 is 0 Å². The van der Waals surface area contributed by atoms with Crippen molar-refractivity contribution in [3.63, 3.8) is 0 Å². The molecule has 92 valence electrons. The molecule has 0 amide bonds. The lowest BCUT2D eigenvalue weighted by Gasteiger charge is -2.16. The predicted octanol–water partition coefficient (Wildman–Crippen LogP) is 4.70. The first-order valence-electron chi connectivity index (χ1n) is 5.79. The predicted molar refractivity (Wildman–Crippen MR) is 86.1 cm³/mol. The third-order valence-corrected chi connectivity index (χ3v) is 5.32. The Kier molecular flexibility index (Phi) is 5.47. The summed E-state index contributed by atoms with van der Waals surface area (Å²) in [5.41, 5.74) is 1.43. The van der Waals surface area contributed by atoms with Gasteiger partial charge < -0.3 is 5.32 Å². The number of hydrogen-bond donors (Lipinski definition) is 1. The molecule has 2 rings (SSSR count). The van der Waals surface area contributed by atoms with E-state index in [1.807, 2.05) is 22.7 Å². The molecular weight excluding hydrogens is 361 g/mol. The largest absolute Gasteiger partial charge is 0.310 e. The molecule has 2 aromatic rings. The van der Waals surface area contributed by atoms with Gasteiger partial charge in [0, 0.05) is 17.3 Å². The van der Waals surface area contributed by atoms with E-state index >= 15 is 0 Å². The van der Waals surface area contributed by atoms with Gasteiger partial charge in [-0.3, -0.25) is 0 Å². The maximum absolute atomic E-state index is 3.65. The van der Waals surface area contributed by atoms with Gasteiger partial charge in [0.05, 0.1) is 2.88 Å². The zero-order valence-electron chi connectivity index (χ0n) is 9.78. The van der Waals surface area contributed by atoms with Crippen molar-refractivity contribution in [2.75, 3.05) is 6.54 Å². The second kappa shape index (κ2) is 6.87. The summed E-state index contributed by atoms with van der Waals surface area (Å²) in [6.45, 7) is 3.30. The van der Waals surface area contributed by atoms with Gasteiger partial charge in [-0.15, -0.1) is 22.7 Å². The second-order valence-corrected chi connectivity index (χ2v) is 7.81. The standard InChI is InChI=1S/C13H16INS2/c1-2-5-15-12(8-11-4-3-6-16-11)10-7-13(14)17-9-10/h3-4,6-7,9,12,15H,2,5,8H2,1H3. The summed E-state index contributed by atoms with van der Waals surface area (Å²) in [7, 11) is 0. The quantitative estimate of drug-likeness (QED) is 0.720. The fraction of sp³-hybridized carbons (Fsp3) is 0.385. The average molecular weight is 377 g/mol. The highest BCUT2D eigenvalue weighted by atomic mass is 127. The number of halogens is 1. The van der Waals surface area contributed by atoms with Crippen LogP contribution in [0.1, 0.15) is 29.8 Å². The fourth-order valence-corrected chi connectivity index (χ4v) is 3.94. The van der Waals surface area contributed by atoms with Crippen molar-refractivity contribution < 1.29 is 0 Å². The van der Waals surface area contributed by atoms with Gasteiger partial charge in [0.2, 0.25) is 0 Å². The SMILES string of the molecule is CCCNC(Cc1cccs1)c1csc(I)c1. The van der Waals surface area contributed by atoms with E-state index in [1.165, 1.54) is 19.7 Å². The van der Waals surface area contributed by atoms with Gasteiger partial charge in [-0.1, -0.05) is 13.0 Å². The molecule has 0 aliphatic rings. The molecule has 0 saturated heterocycles. The van der Waals surface area contributed by atoms with E-state index in [9.17, 15) is 0 Å². The molecule has 1 N–H and O–H groups in total. The van der Waals surface area contributed by atoms with E-state index in [1.54, 1.807) is 0 Å². The molecule has 1 atom stereocenters. The van der Waals surface area contributed by atoms with Crippen LogP contribution in [0.4, 0.5) is 0 Å². The summed E-state index contributed by atoms with van der Waals surface area (Å²) < 4.78 is 1.37. The third-order valence-electron chi connectivity index (χ3n) is 2.62. The molecule has 1 nitrogen and oxygen atoms in total. The minimum Gasteiger partial charge on any atom is -0.310 e. The van der Waals surface area contributed by atoms with E-state index in [0.717, 1.165) is 13.0 Å². The number of rotatable bonds is 6. The Labute approximate surface area is 124 Å². The molecule has 17 heavy (non-hydrogen) atoms. The van der Waals surface area contributed by atoms with Crippen molar-refractivity contribution >= 4 is 45.3 Å². The monoisotopic (exact) mass is 377 g/mol. The molecular formula is C13H16INS2. The van der Waals surface area contributed by atoms with Gasteiger partial charge in [-0.05, 0) is 64.0 Å². The Bertz CT molecular complexity index is 436. The Morgan fingerprint density at radius 1 is 1.41 bits per heavy atom. The number of thiophene rings is 2. The van der Waals surface area contributed by atoms with Gasteiger partial charge in [-0.25, -0.2) is 0 Å². The maximum Gasteiger partial charge on any atom is 0.0656 e. The molecule has 0 fully saturated rings. The minimum atomic E-state index is 0.466. The summed E-state index contributed by atoms with van der Waals surface area (Å²) in [6.07, 6.45) is 2.28. The Morgan fingerprint density at radius 3 is 2.88 bits per heavy atom. The van der Waals surface area contributed by atoms with Crippen LogP contribution in [0.2, 0.25) is 0 Å². The van der Waals surface area contributed by atoms with Crippen LogP contribution in [-0.4, -0.2) is 6.54 Å². The van der Waals surface area contributed by atoms with Crippen molar-refractivity contribution in [2.24, 2.45) is 0 Å². The minimum absolute atomic E-state index is 0.466. The molecule has 4 heteroatoms. The number of nitrogens with one attached hydrogen (secondary N) is 1. The topological polar surface area (TPSA) is 12.0 Å². The molecule has 2 heterocycles. The van der Waals surface area contributed by atoms with Crippen molar-refractivity contribution in [1.29, 1.82) is 0 Å². The van der Waals surface area contributed by atoms with Crippen LogP contribution in [0.25, 0.3) is 0 Å². The third kappa shape index (κ3) is 4.05. The van der Waals surface area contributed by atoms with Crippen LogP contribution in [-0.2, 0) is 6.42 Å². The fourth-order valence-electron chi connectivity index (χ4n) is 1.76. The first-order valence-corrected chi connectivity index (χ1v) is 8.63. The normalized spacial score (nSPS) is 12.8. The molecule has 0 aliphatic carbocycles. The van der Waals surface area contributed by atoms with Crippen LogP contribution in [0.5, 0.6) is 0 Å². The van der Waals surface area contributed by atoms with Gasteiger partial charge in [0.25, 0.3) is 0 Å². The van der Waals surface area contributed by atoms with E-state index in [-0.39, 0.29) is 0 Å². The van der Waals surface area contributed by atoms with Gasteiger partial charge >= 0.3 is 0 Å². The molecule has 0 aromatic carbocycles. The lowest BCUT2D eigenvalue weighted by molar-refractivity contribution is 0.533. The highest BCUT2D eigenvalue weighted by molar-refractivity contribution is 14.1. The molecule has 0 bridgehead atoms. The molecule has 0 saturated carbocycles. The lowest BCUT2D eigenvalue weighted by Crippen LogP contribution is -2.23. The van der Waals surface area contributed by atoms with Gasteiger partial charge in [-0.2, -0.15) is 0 Å². The summed E-state index contributed by atoms with van der Waals surface area (Å²) in [6, 6.07) is 7.12. The van der Waals surface area contributed by atoms with Crippen molar-refractivity contribution in [3.8, 4) is 0 Å². The van der Waals surface area contributed by atoms with Gasteiger partial charge in [0.1, 0.15) is 0 Å².